The van der Waals surface area contributed by atoms with Gasteiger partial charge >= 0.3 is 0 Å². The Hall–Kier alpha value is -3.18. The van der Waals surface area contributed by atoms with Crippen molar-refractivity contribution in [1.29, 1.82) is 0 Å². The number of hydrogen-bond donors (Lipinski definition) is 0. The zero-order chi connectivity index (χ0) is 22.8. The topological polar surface area (TPSA) is 52.0 Å². The van der Waals surface area contributed by atoms with Crippen molar-refractivity contribution in [2.24, 2.45) is 0 Å². The number of fused-ring (bicyclic) bond motifs is 1. The van der Waals surface area contributed by atoms with Crippen molar-refractivity contribution in [2.75, 3.05) is 0 Å². The lowest BCUT2D eigenvalue weighted by Crippen LogP contribution is -2.24. The molecule has 5 heteroatoms. The Labute approximate surface area is 192 Å². The van der Waals surface area contributed by atoms with Crippen LogP contribution in [0.1, 0.15) is 40.9 Å². The van der Waals surface area contributed by atoms with Gasteiger partial charge in [0.25, 0.3) is 5.56 Å². The van der Waals surface area contributed by atoms with Crippen molar-refractivity contribution in [1.82, 2.24) is 9.55 Å². The van der Waals surface area contributed by atoms with Gasteiger partial charge in [-0.15, -0.1) is 0 Å². The fraction of sp³-hybridized carbons (Fsp3) is 0.222. The van der Waals surface area contributed by atoms with E-state index in [1.807, 2.05) is 75.4 Å². The van der Waals surface area contributed by atoms with Gasteiger partial charge in [0.1, 0.15) is 0 Å². The maximum atomic E-state index is 13.5. The van der Waals surface area contributed by atoms with Gasteiger partial charge in [0.05, 0.1) is 21.8 Å². The van der Waals surface area contributed by atoms with E-state index in [0.29, 0.717) is 21.6 Å². The number of hydrogen-bond acceptors (Lipinski definition) is 4. The Balaban J connectivity index is 1.80. The van der Waals surface area contributed by atoms with Crippen LogP contribution in [0.15, 0.2) is 76.7 Å². The third-order valence-corrected chi connectivity index (χ3v) is 6.56. The summed E-state index contributed by atoms with van der Waals surface area (Å²) in [6, 6.07) is 21.1. The number of aryl methyl sites for hydroxylation is 3. The van der Waals surface area contributed by atoms with Gasteiger partial charge in [-0.3, -0.25) is 14.2 Å². The molecule has 0 aliphatic carbocycles. The van der Waals surface area contributed by atoms with E-state index in [1.54, 1.807) is 10.6 Å². The van der Waals surface area contributed by atoms with E-state index >= 15 is 0 Å². The number of aromatic nitrogens is 2. The average molecular weight is 443 g/mol. The third kappa shape index (κ3) is 4.39. The maximum absolute atomic E-state index is 13.5. The minimum Gasteiger partial charge on any atom is -0.293 e. The summed E-state index contributed by atoms with van der Waals surface area (Å²) in [7, 11) is 0. The van der Waals surface area contributed by atoms with Gasteiger partial charge in [-0.1, -0.05) is 61.2 Å². The van der Waals surface area contributed by atoms with Gasteiger partial charge in [0.15, 0.2) is 10.9 Å². The number of carbonyl (C=O) groups excluding carboxylic acids is 1. The molecule has 4 nitrogen and oxygen atoms in total. The molecule has 4 aromatic rings. The van der Waals surface area contributed by atoms with Crippen LogP contribution in [-0.4, -0.2) is 20.6 Å². The monoisotopic (exact) mass is 442 g/mol. The highest BCUT2D eigenvalue weighted by Crippen LogP contribution is 2.28. The van der Waals surface area contributed by atoms with Crippen LogP contribution in [-0.2, 0) is 6.42 Å². The largest absolute Gasteiger partial charge is 0.293 e. The minimum atomic E-state index is -0.396. The molecule has 0 spiro atoms. The van der Waals surface area contributed by atoms with Crippen molar-refractivity contribution < 1.29 is 4.79 Å². The molecule has 1 unspecified atom stereocenters. The van der Waals surface area contributed by atoms with Crippen LogP contribution in [0, 0.1) is 13.8 Å². The van der Waals surface area contributed by atoms with Crippen LogP contribution in [0.4, 0.5) is 0 Å². The number of carbonyl (C=O) groups is 1. The third-order valence-electron chi connectivity index (χ3n) is 5.51. The molecule has 0 aliphatic rings. The number of benzene rings is 3. The van der Waals surface area contributed by atoms with Crippen LogP contribution >= 0.6 is 11.8 Å². The van der Waals surface area contributed by atoms with E-state index in [2.05, 4.69) is 13.0 Å². The number of para-hydroxylation sites is 1. The summed E-state index contributed by atoms with van der Waals surface area (Å²) in [5.74, 6) is 0.0204. The Morgan fingerprint density at radius 1 is 1.00 bits per heavy atom. The molecular formula is C27H26N2O2S. The molecule has 4 rings (SSSR count). The first-order valence-corrected chi connectivity index (χ1v) is 11.7. The molecule has 0 radical (unpaired) electrons. The van der Waals surface area contributed by atoms with E-state index in [9.17, 15) is 9.59 Å². The molecule has 1 heterocycles. The molecule has 0 saturated heterocycles. The maximum Gasteiger partial charge on any atom is 0.266 e. The van der Waals surface area contributed by atoms with Gasteiger partial charge in [-0.2, -0.15) is 0 Å². The molecule has 3 aromatic carbocycles. The smallest absolute Gasteiger partial charge is 0.266 e. The Morgan fingerprint density at radius 3 is 2.31 bits per heavy atom. The molecular weight excluding hydrogens is 416 g/mol. The molecule has 1 aromatic heterocycles. The van der Waals surface area contributed by atoms with Crippen LogP contribution in [0.2, 0.25) is 0 Å². The quantitative estimate of drug-likeness (QED) is 0.211. The lowest BCUT2D eigenvalue weighted by molar-refractivity contribution is 0.0994. The van der Waals surface area contributed by atoms with Crippen molar-refractivity contribution >= 4 is 28.4 Å². The molecule has 0 saturated carbocycles. The van der Waals surface area contributed by atoms with Gasteiger partial charge in [-0.25, -0.2) is 4.98 Å². The zero-order valence-corrected chi connectivity index (χ0v) is 19.6. The predicted molar refractivity (Wildman–Crippen MR) is 132 cm³/mol. The molecule has 32 heavy (non-hydrogen) atoms. The Bertz CT molecular complexity index is 1340. The van der Waals surface area contributed by atoms with Gasteiger partial charge in [-0.05, 0) is 68.1 Å². The Morgan fingerprint density at radius 2 is 1.66 bits per heavy atom. The zero-order valence-electron chi connectivity index (χ0n) is 18.8. The summed E-state index contributed by atoms with van der Waals surface area (Å²) >= 11 is 1.32. The SMILES string of the molecule is CCc1ccc(C(=O)C(C)Sc2nc3ccccc3c(=O)n2-c2cc(C)cc(C)c2)cc1. The first-order valence-electron chi connectivity index (χ1n) is 10.8. The highest BCUT2D eigenvalue weighted by molar-refractivity contribution is 8.00. The van der Waals surface area contributed by atoms with Gasteiger partial charge in [0.2, 0.25) is 0 Å². The molecule has 0 N–H and O–H groups in total. The number of rotatable bonds is 6. The molecule has 1 atom stereocenters. The van der Waals surface area contributed by atoms with E-state index in [-0.39, 0.29) is 11.3 Å². The first-order chi connectivity index (χ1) is 15.4. The second-order valence-corrected chi connectivity index (χ2v) is 9.38. The molecule has 0 fully saturated rings. The molecule has 0 bridgehead atoms. The predicted octanol–water partition coefficient (Wildman–Crippen LogP) is 5.93. The number of Topliss-reactive ketones (excluding diaryl/α,β-unsaturated/α-hetero) is 1. The number of nitrogens with zero attached hydrogens (tertiary/aromatic N) is 2. The van der Waals surface area contributed by atoms with Crippen LogP contribution in [0.5, 0.6) is 0 Å². The second kappa shape index (κ2) is 9.13. The average Bonchev–Trinajstić information content (AvgIpc) is 2.78. The lowest BCUT2D eigenvalue weighted by Gasteiger charge is -2.17. The summed E-state index contributed by atoms with van der Waals surface area (Å²) in [6.07, 6.45) is 0.933. The highest BCUT2D eigenvalue weighted by atomic mass is 32.2. The van der Waals surface area contributed by atoms with Gasteiger partial charge in [0, 0.05) is 5.56 Å². The number of thioether (sulfide) groups is 1. The van der Waals surface area contributed by atoms with E-state index in [0.717, 1.165) is 23.2 Å². The van der Waals surface area contributed by atoms with Crippen LogP contribution < -0.4 is 5.56 Å². The first kappa shape index (κ1) is 22.0. The molecule has 0 amide bonds. The second-order valence-electron chi connectivity index (χ2n) is 8.07. The van der Waals surface area contributed by atoms with Crippen molar-refractivity contribution in [3.8, 4) is 5.69 Å². The normalized spacial score (nSPS) is 12.1. The molecule has 0 aliphatic heterocycles. The minimum absolute atomic E-state index is 0.0204. The fourth-order valence-corrected chi connectivity index (χ4v) is 4.85. The summed E-state index contributed by atoms with van der Waals surface area (Å²) in [5.41, 5.74) is 5.26. The fourth-order valence-electron chi connectivity index (χ4n) is 3.85. The van der Waals surface area contributed by atoms with Crippen molar-refractivity contribution in [3.63, 3.8) is 0 Å². The van der Waals surface area contributed by atoms with E-state index in [1.165, 1.54) is 17.3 Å². The summed E-state index contributed by atoms with van der Waals surface area (Å²) in [5, 5.41) is 0.683. The summed E-state index contributed by atoms with van der Waals surface area (Å²) < 4.78 is 1.64. The number of ketones is 1. The van der Waals surface area contributed by atoms with Crippen LogP contribution in [0.25, 0.3) is 16.6 Å². The summed E-state index contributed by atoms with van der Waals surface area (Å²) in [4.78, 5) is 31.4. The summed E-state index contributed by atoms with van der Waals surface area (Å²) in [6.45, 7) is 7.98. The van der Waals surface area contributed by atoms with Crippen LogP contribution in [0.3, 0.4) is 0 Å². The highest BCUT2D eigenvalue weighted by Gasteiger charge is 2.21. The molecule has 162 valence electrons. The lowest BCUT2D eigenvalue weighted by atomic mass is 10.1. The Kier molecular flexibility index (Phi) is 6.28. The van der Waals surface area contributed by atoms with Gasteiger partial charge < -0.3 is 0 Å². The standard InChI is InChI=1S/C27H26N2O2S/c1-5-20-10-12-21(13-11-20)25(30)19(4)32-27-28-24-9-7-6-8-23(24)26(31)29(27)22-15-17(2)14-18(3)16-22/h6-16,19H,5H2,1-4H3. The van der Waals surface area contributed by atoms with Crippen molar-refractivity contribution in [2.45, 2.75) is 44.5 Å². The van der Waals surface area contributed by atoms with E-state index in [4.69, 9.17) is 4.98 Å². The van der Waals surface area contributed by atoms with Crippen molar-refractivity contribution in [3.05, 3.63) is 99.3 Å². The van der Waals surface area contributed by atoms with E-state index < -0.39 is 5.25 Å².